The third-order valence-corrected chi connectivity index (χ3v) is 6.57. The summed E-state index contributed by atoms with van der Waals surface area (Å²) in [7, 11) is 0. The minimum absolute atomic E-state index is 0.0422. The van der Waals surface area contributed by atoms with Gasteiger partial charge in [0.2, 0.25) is 0 Å². The van der Waals surface area contributed by atoms with Gasteiger partial charge in [-0.1, -0.05) is 39.0 Å². The van der Waals surface area contributed by atoms with Crippen LogP contribution in [-0.4, -0.2) is 9.38 Å². The van der Waals surface area contributed by atoms with Crippen LogP contribution >= 0.6 is 0 Å². The minimum atomic E-state index is -4.33. The number of halogens is 3. The first-order valence-corrected chi connectivity index (χ1v) is 9.43. The molecule has 2 heterocycles. The van der Waals surface area contributed by atoms with Gasteiger partial charge in [-0.15, -0.1) is 0 Å². The average molecular weight is 350 g/mol. The first kappa shape index (κ1) is 16.9. The average Bonchev–Trinajstić information content (AvgIpc) is 3.19. The molecule has 2 saturated carbocycles. The second-order valence-electron chi connectivity index (χ2n) is 8.11. The number of fused-ring (bicyclic) bond motifs is 1. The normalized spacial score (nSPS) is 22.2. The fourth-order valence-electron chi connectivity index (χ4n) is 4.93. The highest BCUT2D eigenvalue weighted by Gasteiger charge is 2.51. The number of alkyl halides is 3. The van der Waals surface area contributed by atoms with E-state index >= 15 is 0 Å². The molecule has 0 aromatic carbocycles. The Labute approximate surface area is 146 Å². The molecule has 2 aromatic rings. The lowest BCUT2D eigenvalue weighted by Crippen LogP contribution is -2.23. The van der Waals surface area contributed by atoms with Gasteiger partial charge in [0.25, 0.3) is 0 Å². The Morgan fingerprint density at radius 2 is 1.92 bits per heavy atom. The monoisotopic (exact) mass is 350 g/mol. The third kappa shape index (κ3) is 3.06. The summed E-state index contributed by atoms with van der Waals surface area (Å²) >= 11 is 0. The number of aromatic nitrogens is 2. The van der Waals surface area contributed by atoms with Crippen LogP contribution in [0.2, 0.25) is 0 Å². The summed E-state index contributed by atoms with van der Waals surface area (Å²) in [6.45, 7) is 2.00. The molecule has 2 nitrogen and oxygen atoms in total. The van der Waals surface area contributed by atoms with Crippen molar-refractivity contribution in [2.45, 2.75) is 70.4 Å². The molecule has 0 N–H and O–H groups in total. The molecule has 2 aliphatic rings. The van der Waals surface area contributed by atoms with Gasteiger partial charge in [-0.05, 0) is 42.7 Å². The van der Waals surface area contributed by atoms with Crippen LogP contribution in [0, 0.1) is 11.3 Å². The summed E-state index contributed by atoms with van der Waals surface area (Å²) in [5, 5.41) is 0. The maximum absolute atomic E-state index is 13.7. The first-order chi connectivity index (χ1) is 11.9. The van der Waals surface area contributed by atoms with Crippen molar-refractivity contribution in [3.8, 4) is 0 Å². The predicted molar refractivity (Wildman–Crippen MR) is 91.5 cm³/mol. The van der Waals surface area contributed by atoms with Crippen LogP contribution < -0.4 is 0 Å². The molecule has 25 heavy (non-hydrogen) atoms. The van der Waals surface area contributed by atoms with E-state index in [0.29, 0.717) is 11.6 Å². The van der Waals surface area contributed by atoms with E-state index in [-0.39, 0.29) is 11.3 Å². The fourth-order valence-corrected chi connectivity index (χ4v) is 4.93. The molecule has 1 atom stereocenters. The van der Waals surface area contributed by atoms with Crippen LogP contribution in [0.4, 0.5) is 13.2 Å². The van der Waals surface area contributed by atoms with Gasteiger partial charge in [0, 0.05) is 11.6 Å². The molecule has 2 aromatic heterocycles. The Hall–Kier alpha value is -1.52. The van der Waals surface area contributed by atoms with Gasteiger partial charge in [0.15, 0.2) is 0 Å². The number of pyridine rings is 1. The van der Waals surface area contributed by atoms with Crippen molar-refractivity contribution in [3.63, 3.8) is 0 Å². The largest absolute Gasteiger partial charge is 0.418 e. The Morgan fingerprint density at radius 1 is 1.20 bits per heavy atom. The minimum Gasteiger partial charge on any atom is -0.302 e. The molecule has 0 bridgehead atoms. The van der Waals surface area contributed by atoms with Crippen molar-refractivity contribution in [1.29, 1.82) is 0 Å². The highest BCUT2D eigenvalue weighted by Crippen LogP contribution is 2.61. The number of hydrogen-bond acceptors (Lipinski definition) is 1. The van der Waals surface area contributed by atoms with E-state index in [9.17, 15) is 13.2 Å². The smallest absolute Gasteiger partial charge is 0.302 e. The zero-order valence-electron chi connectivity index (χ0n) is 14.6. The van der Waals surface area contributed by atoms with Gasteiger partial charge in [0.1, 0.15) is 0 Å². The number of rotatable bonds is 4. The van der Waals surface area contributed by atoms with E-state index in [1.165, 1.54) is 50.6 Å². The Balaban J connectivity index is 1.71. The molecule has 0 aliphatic heterocycles. The number of imidazole rings is 1. The maximum atomic E-state index is 13.7. The standard InChI is InChI=1S/C20H25F3N2/c1-14(19(9-10-19)11-15-5-3-2-4-6-15)18-17(20(21,22)23)8-7-16-12-24-13-25(16)18/h7-8,12-15H,2-6,9-11H2,1H3. The molecular formula is C20H25F3N2. The summed E-state index contributed by atoms with van der Waals surface area (Å²) in [4.78, 5) is 4.08. The highest BCUT2D eigenvalue weighted by molar-refractivity contribution is 5.50. The molecule has 1 unspecified atom stereocenters. The van der Waals surface area contributed by atoms with Crippen molar-refractivity contribution in [2.24, 2.45) is 11.3 Å². The van der Waals surface area contributed by atoms with Crippen molar-refractivity contribution in [2.75, 3.05) is 0 Å². The highest BCUT2D eigenvalue weighted by atomic mass is 19.4. The van der Waals surface area contributed by atoms with Gasteiger partial charge in [-0.2, -0.15) is 13.2 Å². The van der Waals surface area contributed by atoms with Crippen molar-refractivity contribution >= 4 is 5.52 Å². The Morgan fingerprint density at radius 3 is 2.56 bits per heavy atom. The zero-order valence-corrected chi connectivity index (χ0v) is 14.6. The second kappa shape index (κ2) is 6.03. The zero-order chi connectivity index (χ0) is 17.7. The van der Waals surface area contributed by atoms with Gasteiger partial charge in [-0.25, -0.2) is 4.98 Å². The van der Waals surface area contributed by atoms with Crippen LogP contribution in [-0.2, 0) is 6.18 Å². The van der Waals surface area contributed by atoms with E-state index in [1.54, 1.807) is 10.6 Å². The van der Waals surface area contributed by atoms with E-state index in [1.807, 2.05) is 6.92 Å². The summed E-state index contributed by atoms with van der Waals surface area (Å²) in [6, 6.07) is 2.76. The van der Waals surface area contributed by atoms with Crippen LogP contribution in [0.15, 0.2) is 24.7 Å². The van der Waals surface area contributed by atoms with Gasteiger partial charge >= 0.3 is 6.18 Å². The van der Waals surface area contributed by atoms with Crippen molar-refractivity contribution in [3.05, 3.63) is 35.9 Å². The summed E-state index contributed by atoms with van der Waals surface area (Å²) in [5.74, 6) is 0.582. The molecule has 0 amide bonds. The quantitative estimate of drug-likeness (QED) is 0.641. The summed E-state index contributed by atoms with van der Waals surface area (Å²) in [6.07, 6.45) is 8.38. The van der Waals surface area contributed by atoms with E-state index in [2.05, 4.69) is 4.98 Å². The van der Waals surface area contributed by atoms with Crippen LogP contribution in [0.1, 0.15) is 75.5 Å². The summed E-state index contributed by atoms with van der Waals surface area (Å²) < 4.78 is 42.7. The van der Waals surface area contributed by atoms with Crippen LogP contribution in [0.3, 0.4) is 0 Å². The molecule has 0 saturated heterocycles. The fraction of sp³-hybridized carbons (Fsp3) is 0.650. The number of nitrogens with zero attached hydrogens (tertiary/aromatic N) is 2. The molecular weight excluding hydrogens is 325 g/mol. The van der Waals surface area contributed by atoms with E-state index in [4.69, 9.17) is 0 Å². The maximum Gasteiger partial charge on any atom is 0.418 e. The topological polar surface area (TPSA) is 17.3 Å². The molecule has 0 spiro atoms. The van der Waals surface area contributed by atoms with E-state index in [0.717, 1.165) is 24.8 Å². The molecule has 136 valence electrons. The van der Waals surface area contributed by atoms with Gasteiger partial charge < -0.3 is 4.40 Å². The lowest BCUT2D eigenvalue weighted by Gasteiger charge is -2.32. The van der Waals surface area contributed by atoms with Gasteiger partial charge in [-0.3, -0.25) is 0 Å². The van der Waals surface area contributed by atoms with Crippen molar-refractivity contribution < 1.29 is 13.2 Å². The lowest BCUT2D eigenvalue weighted by molar-refractivity contribution is -0.138. The van der Waals surface area contributed by atoms with E-state index < -0.39 is 11.7 Å². The predicted octanol–water partition coefficient (Wildman–Crippen LogP) is 6.21. The molecule has 5 heteroatoms. The van der Waals surface area contributed by atoms with Gasteiger partial charge in [0.05, 0.1) is 23.6 Å². The molecule has 2 fully saturated rings. The lowest BCUT2D eigenvalue weighted by atomic mass is 9.75. The Kier molecular flexibility index (Phi) is 4.08. The Bertz CT molecular complexity index is 752. The first-order valence-electron chi connectivity index (χ1n) is 9.43. The third-order valence-electron chi connectivity index (χ3n) is 6.57. The molecule has 2 aliphatic carbocycles. The summed E-state index contributed by atoms with van der Waals surface area (Å²) in [5.41, 5.74) is 0.681. The van der Waals surface area contributed by atoms with Crippen LogP contribution in [0.5, 0.6) is 0 Å². The SMILES string of the molecule is CC(c1c(C(F)(F)F)ccc2cncn12)C1(CC2CCCCC2)CC1. The van der Waals surface area contributed by atoms with Crippen molar-refractivity contribution in [1.82, 2.24) is 9.38 Å². The van der Waals surface area contributed by atoms with Crippen LogP contribution in [0.25, 0.3) is 5.52 Å². The second-order valence-corrected chi connectivity index (χ2v) is 8.11. The molecule has 0 radical (unpaired) electrons. The molecule has 4 rings (SSSR count). The number of hydrogen-bond donors (Lipinski definition) is 0.